The summed E-state index contributed by atoms with van der Waals surface area (Å²) in [5.74, 6) is 0.131. The first kappa shape index (κ1) is 18.2. The Bertz CT molecular complexity index is 347. The van der Waals surface area contributed by atoms with Gasteiger partial charge in [-0.25, -0.2) is 0 Å². The van der Waals surface area contributed by atoms with Gasteiger partial charge in [-0.15, -0.1) is 12.4 Å². The summed E-state index contributed by atoms with van der Waals surface area (Å²) >= 11 is 0. The summed E-state index contributed by atoms with van der Waals surface area (Å²) in [6, 6.07) is 0. The monoisotopic (exact) mass is 317 g/mol. The highest BCUT2D eigenvalue weighted by Gasteiger charge is 2.37. The molecule has 0 bridgehead atoms. The number of hydrogen-bond acceptors (Lipinski definition) is 3. The zero-order chi connectivity index (χ0) is 14.4. The first-order valence-corrected chi connectivity index (χ1v) is 7.90. The number of halogens is 1. The number of rotatable bonds is 5. The zero-order valence-electron chi connectivity index (χ0n) is 13.0. The largest absolute Gasteiger partial charge is 0.356 e. The molecular weight excluding hydrogens is 290 g/mol. The Labute approximate surface area is 133 Å². The molecule has 2 aliphatic heterocycles. The fourth-order valence-corrected chi connectivity index (χ4v) is 3.18. The van der Waals surface area contributed by atoms with Crippen LogP contribution in [0.4, 0.5) is 0 Å². The molecule has 1 spiro atoms. The van der Waals surface area contributed by atoms with Crippen LogP contribution in [-0.4, -0.2) is 49.4 Å². The highest BCUT2D eigenvalue weighted by molar-refractivity contribution is 5.85. The van der Waals surface area contributed by atoms with Crippen molar-refractivity contribution in [1.29, 1.82) is 0 Å². The topological polar surface area (TPSA) is 61.4 Å². The molecule has 2 heterocycles. The maximum Gasteiger partial charge on any atom is 0.223 e. The second-order valence-corrected chi connectivity index (χ2v) is 6.16. The number of carbonyl (C=O) groups is 2. The number of hydrogen-bond donors (Lipinski definition) is 2. The van der Waals surface area contributed by atoms with Crippen molar-refractivity contribution in [1.82, 2.24) is 15.5 Å². The van der Waals surface area contributed by atoms with Gasteiger partial charge in [0.15, 0.2) is 0 Å². The standard InChI is InChI=1S/C15H27N3O2.ClH/c1-2-8-17-13(19)3-4-14(20)18-10-6-15(7-11-18)5-9-16-12-15;/h16H,2-12H2,1H3,(H,17,19);1H. The summed E-state index contributed by atoms with van der Waals surface area (Å²) in [6.45, 7) is 6.66. The normalized spacial score (nSPS) is 20.1. The van der Waals surface area contributed by atoms with Gasteiger partial charge in [0, 0.05) is 39.0 Å². The van der Waals surface area contributed by atoms with Crippen molar-refractivity contribution in [2.24, 2.45) is 5.41 Å². The number of piperidine rings is 1. The van der Waals surface area contributed by atoms with Gasteiger partial charge < -0.3 is 15.5 Å². The smallest absolute Gasteiger partial charge is 0.223 e. The molecule has 0 atom stereocenters. The van der Waals surface area contributed by atoms with Crippen LogP contribution in [0.5, 0.6) is 0 Å². The van der Waals surface area contributed by atoms with Crippen molar-refractivity contribution in [2.45, 2.75) is 45.4 Å². The molecule has 2 N–H and O–H groups in total. The van der Waals surface area contributed by atoms with E-state index in [1.165, 1.54) is 6.42 Å². The van der Waals surface area contributed by atoms with Crippen LogP contribution < -0.4 is 10.6 Å². The lowest BCUT2D eigenvalue weighted by Gasteiger charge is -2.38. The lowest BCUT2D eigenvalue weighted by atomic mass is 9.78. The lowest BCUT2D eigenvalue weighted by molar-refractivity contribution is -0.135. The van der Waals surface area contributed by atoms with E-state index in [9.17, 15) is 9.59 Å². The molecule has 2 aliphatic rings. The summed E-state index contributed by atoms with van der Waals surface area (Å²) < 4.78 is 0. The van der Waals surface area contributed by atoms with Crippen LogP contribution in [0.25, 0.3) is 0 Å². The van der Waals surface area contributed by atoms with Gasteiger partial charge in [-0.05, 0) is 37.6 Å². The van der Waals surface area contributed by atoms with Gasteiger partial charge in [0.1, 0.15) is 0 Å². The number of carbonyl (C=O) groups excluding carboxylic acids is 2. The van der Waals surface area contributed by atoms with E-state index in [4.69, 9.17) is 0 Å². The molecule has 2 saturated heterocycles. The third kappa shape index (κ3) is 5.15. The van der Waals surface area contributed by atoms with Crippen molar-refractivity contribution in [3.8, 4) is 0 Å². The molecule has 2 fully saturated rings. The molecule has 0 aromatic carbocycles. The third-order valence-electron chi connectivity index (χ3n) is 4.65. The number of amides is 2. The summed E-state index contributed by atoms with van der Waals surface area (Å²) in [5, 5.41) is 6.24. The molecule has 21 heavy (non-hydrogen) atoms. The van der Waals surface area contributed by atoms with E-state index in [0.717, 1.165) is 45.4 Å². The summed E-state index contributed by atoms with van der Waals surface area (Å²) in [7, 11) is 0. The van der Waals surface area contributed by atoms with Crippen LogP contribution in [0.3, 0.4) is 0 Å². The Hall–Kier alpha value is -0.810. The Balaban J connectivity index is 0.00000220. The van der Waals surface area contributed by atoms with Gasteiger partial charge in [-0.3, -0.25) is 9.59 Å². The molecule has 0 unspecified atom stereocenters. The van der Waals surface area contributed by atoms with Crippen molar-refractivity contribution < 1.29 is 9.59 Å². The van der Waals surface area contributed by atoms with Crippen LogP contribution in [0.15, 0.2) is 0 Å². The number of likely N-dealkylation sites (tertiary alicyclic amines) is 1. The van der Waals surface area contributed by atoms with E-state index >= 15 is 0 Å². The fourth-order valence-electron chi connectivity index (χ4n) is 3.18. The summed E-state index contributed by atoms with van der Waals surface area (Å²) in [5.41, 5.74) is 0.440. The molecule has 0 aromatic rings. The van der Waals surface area contributed by atoms with E-state index in [1.807, 2.05) is 11.8 Å². The minimum Gasteiger partial charge on any atom is -0.356 e. The molecule has 0 radical (unpaired) electrons. The van der Waals surface area contributed by atoms with E-state index in [1.54, 1.807) is 0 Å². The highest BCUT2D eigenvalue weighted by atomic mass is 35.5. The number of nitrogens with one attached hydrogen (secondary N) is 2. The molecule has 122 valence electrons. The van der Waals surface area contributed by atoms with Crippen LogP contribution in [-0.2, 0) is 9.59 Å². The van der Waals surface area contributed by atoms with Gasteiger partial charge in [0.2, 0.25) is 11.8 Å². The van der Waals surface area contributed by atoms with Crippen LogP contribution in [0.1, 0.15) is 45.4 Å². The van der Waals surface area contributed by atoms with E-state index < -0.39 is 0 Å². The van der Waals surface area contributed by atoms with E-state index in [-0.39, 0.29) is 24.2 Å². The van der Waals surface area contributed by atoms with Gasteiger partial charge >= 0.3 is 0 Å². The average molecular weight is 318 g/mol. The average Bonchev–Trinajstić information content (AvgIpc) is 2.91. The predicted octanol–water partition coefficient (Wildman–Crippen LogP) is 1.32. The Morgan fingerprint density at radius 2 is 1.90 bits per heavy atom. The Kier molecular flexibility index (Phi) is 7.46. The lowest BCUT2D eigenvalue weighted by Crippen LogP contribution is -2.44. The van der Waals surface area contributed by atoms with Crippen molar-refractivity contribution in [2.75, 3.05) is 32.7 Å². The molecule has 0 aliphatic carbocycles. The first-order valence-electron chi connectivity index (χ1n) is 7.90. The van der Waals surface area contributed by atoms with Crippen molar-refractivity contribution in [3.63, 3.8) is 0 Å². The van der Waals surface area contributed by atoms with Gasteiger partial charge in [-0.1, -0.05) is 6.92 Å². The molecule has 6 heteroatoms. The molecule has 5 nitrogen and oxygen atoms in total. The Morgan fingerprint density at radius 3 is 2.48 bits per heavy atom. The summed E-state index contributed by atoms with van der Waals surface area (Å²) in [6.07, 6.45) is 5.06. The van der Waals surface area contributed by atoms with Crippen molar-refractivity contribution in [3.05, 3.63) is 0 Å². The minimum absolute atomic E-state index is 0. The minimum atomic E-state index is -0.00586. The van der Waals surface area contributed by atoms with E-state index in [0.29, 0.717) is 24.8 Å². The molecule has 0 aromatic heterocycles. The highest BCUT2D eigenvalue weighted by Crippen LogP contribution is 2.36. The van der Waals surface area contributed by atoms with Crippen LogP contribution >= 0.6 is 12.4 Å². The van der Waals surface area contributed by atoms with Crippen LogP contribution in [0, 0.1) is 5.41 Å². The SMILES string of the molecule is CCCNC(=O)CCC(=O)N1CCC2(CCNC2)CC1.Cl. The zero-order valence-corrected chi connectivity index (χ0v) is 13.8. The van der Waals surface area contributed by atoms with Gasteiger partial charge in [0.05, 0.1) is 0 Å². The predicted molar refractivity (Wildman–Crippen MR) is 85.5 cm³/mol. The summed E-state index contributed by atoms with van der Waals surface area (Å²) in [4.78, 5) is 25.6. The van der Waals surface area contributed by atoms with Crippen molar-refractivity contribution >= 4 is 24.2 Å². The number of nitrogens with zero attached hydrogens (tertiary/aromatic N) is 1. The third-order valence-corrected chi connectivity index (χ3v) is 4.65. The molecule has 2 amide bonds. The van der Waals surface area contributed by atoms with Crippen LogP contribution in [0.2, 0.25) is 0 Å². The maximum absolute atomic E-state index is 12.1. The van der Waals surface area contributed by atoms with E-state index in [2.05, 4.69) is 10.6 Å². The molecule has 0 saturated carbocycles. The van der Waals surface area contributed by atoms with Gasteiger partial charge in [-0.2, -0.15) is 0 Å². The molecule has 2 rings (SSSR count). The first-order chi connectivity index (χ1) is 9.65. The second kappa shape index (κ2) is 8.59. The quantitative estimate of drug-likeness (QED) is 0.804. The van der Waals surface area contributed by atoms with Gasteiger partial charge in [0.25, 0.3) is 0 Å². The second-order valence-electron chi connectivity index (χ2n) is 6.16. The molecular formula is C15H28ClN3O2. The fraction of sp³-hybridized carbons (Fsp3) is 0.867. The maximum atomic E-state index is 12.1. The Morgan fingerprint density at radius 1 is 1.19 bits per heavy atom.